The van der Waals surface area contributed by atoms with Crippen LogP contribution in [-0.2, 0) is 14.1 Å². The lowest BCUT2D eigenvalue weighted by molar-refractivity contribution is -0.142. The van der Waals surface area contributed by atoms with Crippen molar-refractivity contribution in [3.05, 3.63) is 29.3 Å². The molecule has 1 aliphatic heterocycles. The van der Waals surface area contributed by atoms with E-state index in [9.17, 15) is 9.36 Å². The molecule has 0 bridgehead atoms. The van der Waals surface area contributed by atoms with Gasteiger partial charge in [-0.15, -0.1) is 0 Å². The van der Waals surface area contributed by atoms with Gasteiger partial charge in [0, 0.05) is 10.8 Å². The molecule has 10 heteroatoms. The summed E-state index contributed by atoms with van der Waals surface area (Å²) in [5, 5.41) is 3.35. The summed E-state index contributed by atoms with van der Waals surface area (Å²) in [4.78, 5) is 11.9. The summed E-state index contributed by atoms with van der Waals surface area (Å²) in [5.74, 6) is 0.729. The van der Waals surface area contributed by atoms with Crippen molar-refractivity contribution < 1.29 is 18.6 Å². The van der Waals surface area contributed by atoms with Crippen LogP contribution in [0.1, 0.15) is 20.8 Å². The standard InChI is InChI=1S/C16H22ClN2O4PS2/c1-10(2)14-9-26-16(25)19(14)24(21,18-11(3)15(20)22-4)23-13-7-5-12(17)6-8-13/h5-8,10-11,14H,9H2,1-4H3,(H,18,21)/t11-,14+,24+/m0/s1. The quantitative estimate of drug-likeness (QED) is 0.384. The molecular weight excluding hydrogens is 415 g/mol. The smallest absolute Gasteiger partial charge is 0.421 e. The summed E-state index contributed by atoms with van der Waals surface area (Å²) in [6.07, 6.45) is 0. The van der Waals surface area contributed by atoms with E-state index in [0.29, 0.717) is 20.8 Å². The summed E-state index contributed by atoms with van der Waals surface area (Å²) >= 11 is 12.8. The number of thiocarbonyl (C=S) groups is 1. The number of nitrogens with zero attached hydrogens (tertiary/aromatic N) is 1. The predicted molar refractivity (Wildman–Crippen MR) is 110 cm³/mol. The number of nitrogens with one attached hydrogen (secondary N) is 1. The highest BCUT2D eigenvalue weighted by Gasteiger charge is 2.47. The van der Waals surface area contributed by atoms with Crippen LogP contribution in [0.25, 0.3) is 0 Å². The maximum absolute atomic E-state index is 13.9. The third-order valence-electron chi connectivity index (χ3n) is 3.89. The highest BCUT2D eigenvalue weighted by Crippen LogP contribution is 2.54. The van der Waals surface area contributed by atoms with E-state index < -0.39 is 19.7 Å². The number of halogens is 1. The first-order chi connectivity index (χ1) is 12.2. The number of thioether (sulfide) groups is 1. The lowest BCUT2D eigenvalue weighted by atomic mass is 10.1. The lowest BCUT2D eigenvalue weighted by Gasteiger charge is -2.35. The molecule has 2 rings (SSSR count). The Morgan fingerprint density at radius 1 is 1.38 bits per heavy atom. The molecular formula is C16H22ClN2O4PS2. The van der Waals surface area contributed by atoms with Crippen LogP contribution >= 0.6 is 43.3 Å². The van der Waals surface area contributed by atoms with Crippen molar-refractivity contribution in [1.82, 2.24) is 9.76 Å². The molecule has 1 fully saturated rings. The third-order valence-corrected chi connectivity index (χ3v) is 8.15. The van der Waals surface area contributed by atoms with Crippen LogP contribution in [0.5, 0.6) is 5.75 Å². The summed E-state index contributed by atoms with van der Waals surface area (Å²) in [5.41, 5.74) is 0. The Labute approximate surface area is 168 Å². The monoisotopic (exact) mass is 436 g/mol. The van der Waals surface area contributed by atoms with Crippen LogP contribution in [0.15, 0.2) is 24.3 Å². The van der Waals surface area contributed by atoms with Crippen LogP contribution in [-0.4, -0.2) is 39.9 Å². The van der Waals surface area contributed by atoms with Gasteiger partial charge < -0.3 is 9.26 Å². The van der Waals surface area contributed by atoms with Crippen LogP contribution in [0.2, 0.25) is 5.02 Å². The number of carbonyl (C=O) groups excluding carboxylic acids is 1. The molecule has 1 aromatic carbocycles. The van der Waals surface area contributed by atoms with Crippen molar-refractivity contribution in [2.75, 3.05) is 12.9 Å². The molecule has 1 aliphatic rings. The number of hydrogen-bond donors (Lipinski definition) is 1. The summed E-state index contributed by atoms with van der Waals surface area (Å²) in [6.45, 7) is 5.63. The van der Waals surface area contributed by atoms with E-state index in [4.69, 9.17) is 33.1 Å². The van der Waals surface area contributed by atoms with Gasteiger partial charge in [-0.1, -0.05) is 49.4 Å². The van der Waals surface area contributed by atoms with Crippen molar-refractivity contribution >= 4 is 53.5 Å². The molecule has 3 atom stereocenters. The fourth-order valence-corrected chi connectivity index (χ4v) is 7.18. The van der Waals surface area contributed by atoms with Gasteiger partial charge >= 0.3 is 13.6 Å². The van der Waals surface area contributed by atoms with Gasteiger partial charge in [0.25, 0.3) is 0 Å². The third kappa shape index (κ3) is 4.93. The minimum atomic E-state index is -3.72. The minimum absolute atomic E-state index is 0.0806. The van der Waals surface area contributed by atoms with Crippen LogP contribution in [0, 0.1) is 5.92 Å². The Hall–Kier alpha value is -0.790. The zero-order valence-electron chi connectivity index (χ0n) is 15.0. The van der Waals surface area contributed by atoms with E-state index in [-0.39, 0.29) is 12.0 Å². The molecule has 0 spiro atoms. The molecule has 0 aromatic heterocycles. The number of hydrogen-bond acceptors (Lipinski definition) is 6. The molecule has 0 radical (unpaired) electrons. The molecule has 0 unspecified atom stereocenters. The normalized spacial score (nSPS) is 20.8. The summed E-state index contributed by atoms with van der Waals surface area (Å²) < 4.78 is 26.6. The highest BCUT2D eigenvalue weighted by atomic mass is 35.5. The van der Waals surface area contributed by atoms with Gasteiger partial charge in [-0.25, -0.2) is 9.65 Å². The molecule has 1 N–H and O–H groups in total. The number of ether oxygens (including phenoxy) is 1. The van der Waals surface area contributed by atoms with Crippen LogP contribution < -0.4 is 9.61 Å². The molecule has 0 aliphatic carbocycles. The Morgan fingerprint density at radius 3 is 2.54 bits per heavy atom. The molecule has 0 saturated carbocycles. The molecule has 144 valence electrons. The fourth-order valence-electron chi connectivity index (χ4n) is 2.45. The van der Waals surface area contributed by atoms with Crippen molar-refractivity contribution in [3.8, 4) is 5.75 Å². The largest absolute Gasteiger partial charge is 0.468 e. The lowest BCUT2D eigenvalue weighted by Crippen LogP contribution is -2.44. The van der Waals surface area contributed by atoms with E-state index in [1.54, 1.807) is 35.9 Å². The molecule has 0 amide bonds. The van der Waals surface area contributed by atoms with Gasteiger partial charge in [-0.3, -0.25) is 9.46 Å². The highest BCUT2D eigenvalue weighted by molar-refractivity contribution is 8.23. The Morgan fingerprint density at radius 2 is 2.00 bits per heavy atom. The number of rotatable bonds is 7. The molecule has 1 aromatic rings. The van der Waals surface area contributed by atoms with Crippen molar-refractivity contribution in [1.29, 1.82) is 0 Å². The second kappa shape index (κ2) is 8.93. The topological polar surface area (TPSA) is 67.9 Å². The first-order valence-electron chi connectivity index (χ1n) is 8.05. The summed E-state index contributed by atoms with van der Waals surface area (Å²) in [6, 6.07) is 5.61. The predicted octanol–water partition coefficient (Wildman–Crippen LogP) is 4.34. The molecule has 1 heterocycles. The van der Waals surface area contributed by atoms with Gasteiger partial charge in [-0.05, 0) is 37.1 Å². The van der Waals surface area contributed by atoms with Crippen LogP contribution in [0.3, 0.4) is 0 Å². The SMILES string of the molecule is COC(=O)[C@H](C)N[P@@](=O)(Oc1ccc(Cl)cc1)N1C(=S)SC[C@@H]1C(C)C. The van der Waals surface area contributed by atoms with Crippen molar-refractivity contribution in [2.45, 2.75) is 32.9 Å². The van der Waals surface area contributed by atoms with E-state index in [1.165, 1.54) is 18.9 Å². The second-order valence-electron chi connectivity index (χ2n) is 6.17. The van der Waals surface area contributed by atoms with Crippen molar-refractivity contribution in [3.63, 3.8) is 0 Å². The first-order valence-corrected chi connectivity index (χ1v) is 11.4. The van der Waals surface area contributed by atoms with E-state index in [2.05, 4.69) is 5.09 Å². The van der Waals surface area contributed by atoms with Gasteiger partial charge in [0.15, 0.2) is 0 Å². The van der Waals surface area contributed by atoms with E-state index in [1.807, 2.05) is 13.8 Å². The van der Waals surface area contributed by atoms with Gasteiger partial charge in [0.05, 0.1) is 13.2 Å². The molecule has 1 saturated heterocycles. The first kappa shape index (κ1) is 21.5. The Bertz CT molecular complexity index is 717. The van der Waals surface area contributed by atoms with Crippen LogP contribution in [0.4, 0.5) is 0 Å². The maximum atomic E-state index is 13.9. The second-order valence-corrected chi connectivity index (χ2v) is 10.2. The average Bonchev–Trinajstić information content (AvgIpc) is 2.98. The molecule has 26 heavy (non-hydrogen) atoms. The van der Waals surface area contributed by atoms with E-state index >= 15 is 0 Å². The fraction of sp³-hybridized carbons (Fsp3) is 0.500. The molecule has 6 nitrogen and oxygen atoms in total. The summed E-state index contributed by atoms with van der Waals surface area (Å²) in [7, 11) is -2.44. The van der Waals surface area contributed by atoms with Gasteiger partial charge in [0.1, 0.15) is 16.1 Å². The Balaban J connectivity index is 2.39. The number of methoxy groups -OCH3 is 1. The number of carbonyl (C=O) groups is 1. The number of esters is 1. The zero-order chi connectivity index (χ0) is 19.5. The average molecular weight is 437 g/mol. The number of benzene rings is 1. The van der Waals surface area contributed by atoms with Gasteiger partial charge in [-0.2, -0.15) is 0 Å². The van der Waals surface area contributed by atoms with Gasteiger partial charge in [0.2, 0.25) is 0 Å². The maximum Gasteiger partial charge on any atom is 0.421 e. The zero-order valence-corrected chi connectivity index (χ0v) is 18.3. The van der Waals surface area contributed by atoms with Crippen molar-refractivity contribution in [2.24, 2.45) is 5.92 Å². The minimum Gasteiger partial charge on any atom is -0.468 e. The Kier molecular flexibility index (Phi) is 7.39. The van der Waals surface area contributed by atoms with E-state index in [0.717, 1.165) is 0 Å².